The van der Waals surface area contributed by atoms with E-state index in [4.69, 9.17) is 5.11 Å². The van der Waals surface area contributed by atoms with Crippen LogP contribution in [0.2, 0.25) is 0 Å². The Labute approximate surface area is 101 Å². The highest BCUT2D eigenvalue weighted by molar-refractivity contribution is 7.07. The predicted molar refractivity (Wildman–Crippen MR) is 66.6 cm³/mol. The van der Waals surface area contributed by atoms with Crippen molar-refractivity contribution in [2.75, 3.05) is 13.6 Å². The van der Waals surface area contributed by atoms with E-state index in [1.54, 1.807) is 30.2 Å². The van der Waals surface area contributed by atoms with Gasteiger partial charge in [-0.05, 0) is 42.2 Å². The Morgan fingerprint density at radius 3 is 2.94 bits per heavy atom. The van der Waals surface area contributed by atoms with Crippen LogP contribution in [0.25, 0.3) is 0 Å². The maximum atomic E-state index is 11.7. The molecule has 0 aliphatic heterocycles. The first-order valence-electron chi connectivity index (χ1n) is 5.52. The fraction of sp³-hybridized carbons (Fsp3) is 0.583. The zero-order valence-corrected chi connectivity index (χ0v) is 10.7. The third-order valence-electron chi connectivity index (χ3n) is 2.52. The minimum absolute atomic E-state index is 0.145. The third kappa shape index (κ3) is 4.77. The second kappa shape index (κ2) is 6.66. The molecule has 16 heavy (non-hydrogen) atoms. The second-order valence-electron chi connectivity index (χ2n) is 4.08. The molecule has 1 rings (SSSR count). The molecule has 0 aromatic carbocycles. The largest absolute Gasteiger partial charge is 0.393 e. The molecule has 1 N–H and O–H groups in total. The van der Waals surface area contributed by atoms with Crippen molar-refractivity contribution in [1.29, 1.82) is 0 Å². The highest BCUT2D eigenvalue weighted by atomic mass is 32.1. The Morgan fingerprint density at radius 1 is 1.62 bits per heavy atom. The highest BCUT2D eigenvalue weighted by Crippen LogP contribution is 2.09. The van der Waals surface area contributed by atoms with E-state index >= 15 is 0 Å². The molecular weight excluding hydrogens is 222 g/mol. The predicted octanol–water partition coefficient (Wildman–Crippen LogP) is 1.91. The Bertz CT molecular complexity index is 309. The number of aliphatic hydroxyl groups is 1. The van der Waals surface area contributed by atoms with E-state index in [2.05, 4.69) is 5.38 Å². The standard InChI is InChI=1S/C12H19NO2S/c1-10(14)5-7-13(2)12(15)4-3-11-6-8-16-9-11/h6,8-10,14H,3-5,7H2,1-2H3. The second-order valence-corrected chi connectivity index (χ2v) is 4.86. The van der Waals surface area contributed by atoms with Crippen molar-refractivity contribution in [1.82, 2.24) is 4.90 Å². The number of amides is 1. The minimum Gasteiger partial charge on any atom is -0.393 e. The summed E-state index contributed by atoms with van der Waals surface area (Å²) in [6, 6.07) is 2.05. The Kier molecular flexibility index (Phi) is 5.49. The lowest BCUT2D eigenvalue weighted by atomic mass is 10.2. The quantitative estimate of drug-likeness (QED) is 0.826. The molecule has 3 nitrogen and oxygen atoms in total. The summed E-state index contributed by atoms with van der Waals surface area (Å²) in [6.45, 7) is 2.36. The van der Waals surface area contributed by atoms with Crippen LogP contribution in [0.3, 0.4) is 0 Å². The van der Waals surface area contributed by atoms with Crippen LogP contribution in [0.5, 0.6) is 0 Å². The van der Waals surface area contributed by atoms with Crippen molar-refractivity contribution in [2.45, 2.75) is 32.3 Å². The van der Waals surface area contributed by atoms with E-state index in [1.165, 1.54) is 5.56 Å². The summed E-state index contributed by atoms with van der Waals surface area (Å²) in [7, 11) is 1.79. The van der Waals surface area contributed by atoms with Gasteiger partial charge in [-0.15, -0.1) is 0 Å². The molecule has 0 aliphatic rings. The molecule has 0 spiro atoms. The van der Waals surface area contributed by atoms with Crippen molar-refractivity contribution in [3.05, 3.63) is 22.4 Å². The lowest BCUT2D eigenvalue weighted by Gasteiger charge is -2.17. The zero-order chi connectivity index (χ0) is 12.0. The maximum absolute atomic E-state index is 11.7. The lowest BCUT2D eigenvalue weighted by Crippen LogP contribution is -2.29. The first-order chi connectivity index (χ1) is 7.59. The summed E-state index contributed by atoms with van der Waals surface area (Å²) in [5.74, 6) is 0.145. The van der Waals surface area contributed by atoms with Gasteiger partial charge in [0, 0.05) is 20.0 Å². The number of thiophene rings is 1. The fourth-order valence-corrected chi connectivity index (χ4v) is 2.09. The van der Waals surface area contributed by atoms with Crippen molar-refractivity contribution in [3.63, 3.8) is 0 Å². The summed E-state index contributed by atoms with van der Waals surface area (Å²) in [4.78, 5) is 13.4. The number of hydrogen-bond donors (Lipinski definition) is 1. The number of rotatable bonds is 6. The molecule has 1 heterocycles. The molecule has 1 atom stereocenters. The van der Waals surface area contributed by atoms with Crippen LogP contribution in [0.1, 0.15) is 25.3 Å². The Balaban J connectivity index is 2.23. The highest BCUT2D eigenvalue weighted by Gasteiger charge is 2.09. The van der Waals surface area contributed by atoms with E-state index < -0.39 is 0 Å². The van der Waals surface area contributed by atoms with Crippen molar-refractivity contribution >= 4 is 17.2 Å². The number of aliphatic hydroxyl groups excluding tert-OH is 1. The van der Waals surface area contributed by atoms with E-state index in [1.807, 2.05) is 11.4 Å². The van der Waals surface area contributed by atoms with Crippen LogP contribution in [-0.4, -0.2) is 35.6 Å². The molecule has 0 saturated carbocycles. The molecule has 1 amide bonds. The van der Waals surface area contributed by atoms with Crippen LogP contribution in [0, 0.1) is 0 Å². The third-order valence-corrected chi connectivity index (χ3v) is 3.25. The van der Waals surface area contributed by atoms with Gasteiger partial charge in [-0.25, -0.2) is 0 Å². The molecule has 0 bridgehead atoms. The van der Waals surface area contributed by atoms with Gasteiger partial charge in [-0.2, -0.15) is 11.3 Å². The summed E-state index contributed by atoms with van der Waals surface area (Å²) in [6.07, 6.45) is 1.65. The van der Waals surface area contributed by atoms with Crippen molar-refractivity contribution in [2.24, 2.45) is 0 Å². The van der Waals surface area contributed by atoms with Crippen LogP contribution in [0.15, 0.2) is 16.8 Å². The smallest absolute Gasteiger partial charge is 0.222 e. The first-order valence-corrected chi connectivity index (χ1v) is 6.47. The molecule has 1 aromatic rings. The number of hydrogen-bond acceptors (Lipinski definition) is 3. The van der Waals surface area contributed by atoms with Gasteiger partial charge >= 0.3 is 0 Å². The van der Waals surface area contributed by atoms with Gasteiger partial charge < -0.3 is 10.0 Å². The molecule has 4 heteroatoms. The number of aryl methyl sites for hydroxylation is 1. The van der Waals surface area contributed by atoms with Crippen LogP contribution in [-0.2, 0) is 11.2 Å². The molecule has 0 saturated heterocycles. The molecule has 0 radical (unpaired) electrons. The average Bonchev–Trinajstić information content (AvgIpc) is 2.75. The van der Waals surface area contributed by atoms with E-state index in [-0.39, 0.29) is 12.0 Å². The molecule has 0 fully saturated rings. The summed E-state index contributed by atoms with van der Waals surface area (Å²) in [5.41, 5.74) is 1.22. The van der Waals surface area contributed by atoms with Gasteiger partial charge in [-0.3, -0.25) is 4.79 Å². The average molecular weight is 241 g/mol. The number of nitrogens with zero attached hydrogens (tertiary/aromatic N) is 1. The van der Waals surface area contributed by atoms with E-state index in [0.29, 0.717) is 19.4 Å². The van der Waals surface area contributed by atoms with Gasteiger partial charge in [0.1, 0.15) is 0 Å². The van der Waals surface area contributed by atoms with Crippen LogP contribution in [0.4, 0.5) is 0 Å². The van der Waals surface area contributed by atoms with Crippen molar-refractivity contribution in [3.8, 4) is 0 Å². The molecule has 90 valence electrons. The maximum Gasteiger partial charge on any atom is 0.222 e. The minimum atomic E-state index is -0.341. The van der Waals surface area contributed by atoms with Crippen LogP contribution >= 0.6 is 11.3 Å². The first kappa shape index (κ1) is 13.2. The topological polar surface area (TPSA) is 40.5 Å². The normalized spacial score (nSPS) is 12.4. The van der Waals surface area contributed by atoms with E-state index in [0.717, 1.165) is 6.42 Å². The zero-order valence-electron chi connectivity index (χ0n) is 9.85. The molecule has 1 aromatic heterocycles. The fourth-order valence-electron chi connectivity index (χ4n) is 1.38. The monoisotopic (exact) mass is 241 g/mol. The molecule has 1 unspecified atom stereocenters. The lowest BCUT2D eigenvalue weighted by molar-refractivity contribution is -0.130. The van der Waals surface area contributed by atoms with Gasteiger partial charge in [0.25, 0.3) is 0 Å². The number of carbonyl (C=O) groups is 1. The SMILES string of the molecule is CC(O)CCN(C)C(=O)CCc1ccsc1. The Hall–Kier alpha value is -0.870. The van der Waals surface area contributed by atoms with Crippen molar-refractivity contribution < 1.29 is 9.90 Å². The van der Waals surface area contributed by atoms with E-state index in [9.17, 15) is 4.79 Å². The summed E-state index contributed by atoms with van der Waals surface area (Å²) < 4.78 is 0. The summed E-state index contributed by atoms with van der Waals surface area (Å²) in [5, 5.41) is 13.2. The van der Waals surface area contributed by atoms with Gasteiger partial charge in [0.05, 0.1) is 6.10 Å². The molecular formula is C12H19NO2S. The van der Waals surface area contributed by atoms with Gasteiger partial charge in [-0.1, -0.05) is 0 Å². The van der Waals surface area contributed by atoms with Gasteiger partial charge in [0.15, 0.2) is 0 Å². The molecule has 0 aliphatic carbocycles. The number of carbonyl (C=O) groups excluding carboxylic acids is 1. The van der Waals surface area contributed by atoms with Crippen LogP contribution < -0.4 is 0 Å². The summed E-state index contributed by atoms with van der Waals surface area (Å²) >= 11 is 1.66. The van der Waals surface area contributed by atoms with Gasteiger partial charge in [0.2, 0.25) is 5.91 Å². The Morgan fingerprint density at radius 2 is 2.38 bits per heavy atom.